The second-order valence-electron chi connectivity index (χ2n) is 7.25. The maximum Gasteiger partial charge on any atom is -0.0116 e. The number of hydrogen-bond acceptors (Lipinski definition) is 0. The van der Waals surface area contributed by atoms with Gasteiger partial charge in [-0.2, -0.15) is 0 Å². The molecule has 27 heavy (non-hydrogen) atoms. The first-order valence-electron chi connectivity index (χ1n) is 9.92. The van der Waals surface area contributed by atoms with Crippen LogP contribution in [0.25, 0.3) is 0 Å². The summed E-state index contributed by atoms with van der Waals surface area (Å²) in [6.45, 7) is 0. The summed E-state index contributed by atoms with van der Waals surface area (Å²) in [5.41, 5.74) is 1.60. The van der Waals surface area contributed by atoms with Crippen molar-refractivity contribution >= 4 is 40.8 Å². The molecule has 0 spiro atoms. The van der Waals surface area contributed by atoms with Crippen molar-refractivity contribution < 1.29 is 0 Å². The van der Waals surface area contributed by atoms with E-state index in [9.17, 15) is 0 Å². The molecule has 1 aliphatic rings. The van der Waals surface area contributed by atoms with Crippen molar-refractivity contribution in [3.8, 4) is 0 Å². The molecule has 0 radical (unpaired) electrons. The van der Waals surface area contributed by atoms with Gasteiger partial charge in [0.05, 0.1) is 0 Å². The second kappa shape index (κ2) is 10.2. The minimum absolute atomic E-state index is 0. The summed E-state index contributed by atoms with van der Waals surface area (Å²) in [5.74, 6) is 0.728. The molecule has 3 aromatic carbocycles. The Morgan fingerprint density at radius 2 is 1.04 bits per heavy atom. The van der Waals surface area contributed by atoms with E-state index in [-0.39, 0.29) is 17.0 Å². The van der Waals surface area contributed by atoms with E-state index in [1.807, 2.05) is 0 Å². The SMILES string of the molecule is Br.c1ccc(P(c2ccccc2)c2ccccc2C2CCCCCC2)cc1. The van der Waals surface area contributed by atoms with Gasteiger partial charge < -0.3 is 0 Å². The molecular weight excluding hydrogens is 411 g/mol. The molecule has 4 rings (SSSR count). The largest absolute Gasteiger partial charge is 0.114 e. The smallest absolute Gasteiger partial charge is 0.0116 e. The Bertz CT molecular complexity index is 768. The fraction of sp³-hybridized carbons (Fsp3) is 0.280. The predicted molar refractivity (Wildman–Crippen MR) is 126 cm³/mol. The summed E-state index contributed by atoms with van der Waals surface area (Å²) in [6, 6.07) is 31.5. The van der Waals surface area contributed by atoms with Gasteiger partial charge in [0.15, 0.2) is 0 Å². The van der Waals surface area contributed by atoms with Crippen LogP contribution in [-0.2, 0) is 0 Å². The van der Waals surface area contributed by atoms with Crippen molar-refractivity contribution in [1.29, 1.82) is 0 Å². The summed E-state index contributed by atoms with van der Waals surface area (Å²) < 4.78 is 0. The van der Waals surface area contributed by atoms with Gasteiger partial charge >= 0.3 is 0 Å². The van der Waals surface area contributed by atoms with E-state index >= 15 is 0 Å². The predicted octanol–water partition coefficient (Wildman–Crippen LogP) is 6.46. The molecule has 0 amide bonds. The fourth-order valence-corrected chi connectivity index (χ4v) is 6.75. The minimum Gasteiger partial charge on any atom is -0.114 e. The van der Waals surface area contributed by atoms with Crippen molar-refractivity contribution in [1.82, 2.24) is 0 Å². The molecule has 0 nitrogen and oxygen atoms in total. The average Bonchev–Trinajstić information content (AvgIpc) is 3.00. The van der Waals surface area contributed by atoms with E-state index in [4.69, 9.17) is 0 Å². The first kappa shape index (κ1) is 20.3. The molecule has 0 aromatic heterocycles. The zero-order valence-electron chi connectivity index (χ0n) is 15.8. The Hall–Kier alpha value is -1.43. The van der Waals surface area contributed by atoms with Crippen LogP contribution >= 0.6 is 24.9 Å². The molecule has 3 aromatic rings. The third-order valence-corrected chi connectivity index (χ3v) is 8.02. The van der Waals surface area contributed by atoms with Gasteiger partial charge in [-0.3, -0.25) is 0 Å². The lowest BCUT2D eigenvalue weighted by Crippen LogP contribution is -2.24. The molecule has 2 heteroatoms. The van der Waals surface area contributed by atoms with Gasteiger partial charge in [0.2, 0.25) is 0 Å². The number of halogens is 1. The lowest BCUT2D eigenvalue weighted by atomic mass is 9.92. The lowest BCUT2D eigenvalue weighted by Gasteiger charge is -2.26. The van der Waals surface area contributed by atoms with Crippen LogP contribution in [0.4, 0.5) is 0 Å². The van der Waals surface area contributed by atoms with Crippen molar-refractivity contribution in [2.75, 3.05) is 0 Å². The molecular formula is C25H28BrP. The molecule has 1 saturated carbocycles. The van der Waals surface area contributed by atoms with Gasteiger partial charge in [-0.05, 0) is 48.2 Å². The highest BCUT2D eigenvalue weighted by molar-refractivity contribution is 8.93. The van der Waals surface area contributed by atoms with Gasteiger partial charge in [0.25, 0.3) is 0 Å². The maximum atomic E-state index is 2.41. The maximum absolute atomic E-state index is 2.41. The fourth-order valence-electron chi connectivity index (χ4n) is 4.21. The van der Waals surface area contributed by atoms with Crippen LogP contribution in [-0.4, -0.2) is 0 Å². The van der Waals surface area contributed by atoms with Crippen LogP contribution in [0.15, 0.2) is 84.9 Å². The van der Waals surface area contributed by atoms with Crippen molar-refractivity contribution in [3.05, 3.63) is 90.5 Å². The quantitative estimate of drug-likeness (QED) is 0.323. The van der Waals surface area contributed by atoms with Gasteiger partial charge in [-0.25, -0.2) is 0 Å². The van der Waals surface area contributed by atoms with E-state index in [0.29, 0.717) is 0 Å². The molecule has 140 valence electrons. The first-order valence-corrected chi connectivity index (χ1v) is 11.3. The van der Waals surface area contributed by atoms with E-state index in [0.717, 1.165) is 5.92 Å². The van der Waals surface area contributed by atoms with E-state index in [1.54, 1.807) is 10.9 Å². The van der Waals surface area contributed by atoms with Gasteiger partial charge in [0, 0.05) is 0 Å². The van der Waals surface area contributed by atoms with Crippen LogP contribution in [0, 0.1) is 0 Å². The summed E-state index contributed by atoms with van der Waals surface area (Å²) >= 11 is 0. The molecule has 0 aliphatic heterocycles. The highest BCUT2D eigenvalue weighted by Crippen LogP contribution is 2.39. The third-order valence-electron chi connectivity index (χ3n) is 5.50. The first-order chi connectivity index (χ1) is 12.9. The summed E-state index contributed by atoms with van der Waals surface area (Å²) in [4.78, 5) is 0. The van der Waals surface area contributed by atoms with Crippen LogP contribution in [0.2, 0.25) is 0 Å². The molecule has 0 saturated heterocycles. The Morgan fingerprint density at radius 1 is 0.556 bits per heavy atom. The molecule has 0 N–H and O–H groups in total. The molecule has 1 fully saturated rings. The van der Waals surface area contributed by atoms with Crippen molar-refractivity contribution in [3.63, 3.8) is 0 Å². The van der Waals surface area contributed by atoms with Gasteiger partial charge in [0.1, 0.15) is 0 Å². The van der Waals surface area contributed by atoms with Crippen LogP contribution in [0.3, 0.4) is 0 Å². The van der Waals surface area contributed by atoms with Crippen molar-refractivity contribution in [2.45, 2.75) is 44.4 Å². The van der Waals surface area contributed by atoms with Crippen LogP contribution in [0.1, 0.15) is 50.0 Å². The lowest BCUT2D eigenvalue weighted by molar-refractivity contribution is 0.595. The number of rotatable bonds is 4. The number of hydrogen-bond donors (Lipinski definition) is 0. The monoisotopic (exact) mass is 438 g/mol. The Kier molecular flexibility index (Phi) is 7.68. The third kappa shape index (κ3) is 4.89. The van der Waals surface area contributed by atoms with Crippen LogP contribution in [0.5, 0.6) is 0 Å². The average molecular weight is 439 g/mol. The molecule has 0 atom stereocenters. The molecule has 0 heterocycles. The van der Waals surface area contributed by atoms with E-state index in [1.165, 1.54) is 49.1 Å². The Morgan fingerprint density at radius 3 is 1.59 bits per heavy atom. The molecule has 0 unspecified atom stereocenters. The van der Waals surface area contributed by atoms with Crippen molar-refractivity contribution in [2.24, 2.45) is 0 Å². The molecule has 1 aliphatic carbocycles. The van der Waals surface area contributed by atoms with Gasteiger partial charge in [-0.15, -0.1) is 17.0 Å². The highest BCUT2D eigenvalue weighted by atomic mass is 79.9. The Labute approximate surface area is 175 Å². The second-order valence-corrected chi connectivity index (χ2v) is 9.44. The summed E-state index contributed by atoms with van der Waals surface area (Å²) in [6.07, 6.45) is 8.28. The van der Waals surface area contributed by atoms with E-state index in [2.05, 4.69) is 84.9 Å². The van der Waals surface area contributed by atoms with Gasteiger partial charge in [-0.1, -0.05) is 111 Å². The zero-order chi connectivity index (χ0) is 17.6. The normalized spacial score (nSPS) is 15.1. The summed E-state index contributed by atoms with van der Waals surface area (Å²) in [5, 5.41) is 4.47. The molecule has 0 bridgehead atoms. The topological polar surface area (TPSA) is 0 Å². The highest BCUT2D eigenvalue weighted by Gasteiger charge is 2.23. The number of benzene rings is 3. The van der Waals surface area contributed by atoms with E-state index < -0.39 is 7.92 Å². The standard InChI is InChI=1S/C25H27P.BrH/c1-2-6-14-21(13-5-1)24-19-11-12-20-25(24)26(22-15-7-3-8-16-22)23-17-9-4-10-18-23;/h3-4,7-12,15-21H,1-2,5-6,13-14H2;1H. The Balaban J connectivity index is 0.00000210. The minimum atomic E-state index is -0.500. The summed E-state index contributed by atoms with van der Waals surface area (Å²) in [7, 11) is -0.500. The zero-order valence-corrected chi connectivity index (χ0v) is 18.4. The van der Waals surface area contributed by atoms with Crippen LogP contribution < -0.4 is 15.9 Å².